The molecule has 0 heterocycles. The number of hydrazone groups is 1. The average Bonchev–Trinajstić information content (AvgIpc) is 2.53. The fraction of sp³-hybridized carbons (Fsp3) is 0.278. The summed E-state index contributed by atoms with van der Waals surface area (Å²) in [7, 11) is -3.66. The van der Waals surface area contributed by atoms with Crippen LogP contribution in [0.15, 0.2) is 50.9 Å². The van der Waals surface area contributed by atoms with Gasteiger partial charge >= 0.3 is 0 Å². The van der Waals surface area contributed by atoms with Crippen LogP contribution in [-0.2, 0) is 16.4 Å². The monoisotopic (exact) mass is 406 g/mol. The molecule has 1 aliphatic carbocycles. The van der Waals surface area contributed by atoms with E-state index in [0.29, 0.717) is 0 Å². The van der Waals surface area contributed by atoms with Crippen LogP contribution in [0.2, 0.25) is 0 Å². The van der Waals surface area contributed by atoms with E-state index in [2.05, 4.69) is 44.9 Å². The maximum atomic E-state index is 12.4. The number of hydrogen-bond acceptors (Lipinski definition) is 3. The van der Waals surface area contributed by atoms with Crippen molar-refractivity contribution in [3.05, 3.63) is 63.1 Å². The van der Waals surface area contributed by atoms with Crippen LogP contribution in [0, 0.1) is 13.8 Å². The predicted molar refractivity (Wildman–Crippen MR) is 99.9 cm³/mol. The van der Waals surface area contributed by atoms with Crippen molar-refractivity contribution in [2.75, 3.05) is 0 Å². The van der Waals surface area contributed by atoms with Crippen LogP contribution in [0.25, 0.3) is 0 Å². The SMILES string of the molecule is Cc1cc(C)c2c(c1)C(=NNS(=O)(=O)c1ccc(Br)cc1)CCC2. The van der Waals surface area contributed by atoms with Crippen molar-refractivity contribution in [3.63, 3.8) is 0 Å². The number of nitrogens with one attached hydrogen (secondary N) is 1. The highest BCUT2D eigenvalue weighted by atomic mass is 79.9. The van der Waals surface area contributed by atoms with Crippen LogP contribution in [0.1, 0.15) is 35.1 Å². The Morgan fingerprint density at radius 3 is 2.50 bits per heavy atom. The summed E-state index contributed by atoms with van der Waals surface area (Å²) < 4.78 is 25.6. The molecule has 0 bridgehead atoms. The van der Waals surface area contributed by atoms with Crippen molar-refractivity contribution in [1.82, 2.24) is 4.83 Å². The van der Waals surface area contributed by atoms with E-state index >= 15 is 0 Å². The third kappa shape index (κ3) is 3.54. The molecule has 0 spiro atoms. The molecule has 0 amide bonds. The van der Waals surface area contributed by atoms with Crippen molar-refractivity contribution in [2.24, 2.45) is 5.10 Å². The molecule has 24 heavy (non-hydrogen) atoms. The Morgan fingerprint density at radius 2 is 1.79 bits per heavy atom. The Kier molecular flexibility index (Phi) is 4.78. The highest BCUT2D eigenvalue weighted by molar-refractivity contribution is 9.10. The Balaban J connectivity index is 1.92. The number of fused-ring (bicyclic) bond motifs is 1. The summed E-state index contributed by atoms with van der Waals surface area (Å²) in [6.07, 6.45) is 2.77. The maximum absolute atomic E-state index is 12.4. The molecule has 0 aromatic heterocycles. The first kappa shape index (κ1) is 17.2. The molecule has 0 radical (unpaired) electrons. The summed E-state index contributed by atoms with van der Waals surface area (Å²) in [5.41, 5.74) is 5.55. The van der Waals surface area contributed by atoms with Gasteiger partial charge in [-0.25, -0.2) is 0 Å². The smallest absolute Gasteiger partial charge is 0.200 e. The minimum Gasteiger partial charge on any atom is -0.200 e. The molecule has 1 N–H and O–H groups in total. The van der Waals surface area contributed by atoms with Crippen LogP contribution in [-0.4, -0.2) is 14.1 Å². The van der Waals surface area contributed by atoms with Gasteiger partial charge in [-0.3, -0.25) is 0 Å². The summed E-state index contributed by atoms with van der Waals surface area (Å²) >= 11 is 3.30. The van der Waals surface area contributed by atoms with Crippen molar-refractivity contribution >= 4 is 31.7 Å². The molecular formula is C18H19BrN2O2S. The molecule has 2 aromatic rings. The van der Waals surface area contributed by atoms with Gasteiger partial charge in [0.1, 0.15) is 0 Å². The molecular weight excluding hydrogens is 388 g/mol. The fourth-order valence-electron chi connectivity index (χ4n) is 3.05. The van der Waals surface area contributed by atoms with Crippen molar-refractivity contribution in [2.45, 2.75) is 38.0 Å². The molecule has 0 fully saturated rings. The quantitative estimate of drug-likeness (QED) is 0.780. The largest absolute Gasteiger partial charge is 0.276 e. The second-order valence-electron chi connectivity index (χ2n) is 6.07. The summed E-state index contributed by atoms with van der Waals surface area (Å²) in [6, 6.07) is 10.8. The lowest BCUT2D eigenvalue weighted by Gasteiger charge is -2.21. The Morgan fingerprint density at radius 1 is 1.08 bits per heavy atom. The molecule has 0 atom stereocenters. The molecule has 4 nitrogen and oxygen atoms in total. The van der Waals surface area contributed by atoms with E-state index in [1.54, 1.807) is 24.3 Å². The number of benzene rings is 2. The second kappa shape index (κ2) is 6.69. The average molecular weight is 407 g/mol. The number of nitrogens with zero attached hydrogens (tertiary/aromatic N) is 1. The van der Waals surface area contributed by atoms with Crippen LogP contribution in [0.4, 0.5) is 0 Å². The zero-order chi connectivity index (χ0) is 17.3. The number of halogens is 1. The second-order valence-corrected chi connectivity index (χ2v) is 8.65. The number of hydrogen-bond donors (Lipinski definition) is 1. The fourth-order valence-corrected chi connectivity index (χ4v) is 4.15. The Labute approximate surface area is 151 Å². The molecule has 0 unspecified atom stereocenters. The van der Waals surface area contributed by atoms with E-state index < -0.39 is 10.0 Å². The minimum absolute atomic E-state index is 0.200. The highest BCUT2D eigenvalue weighted by Gasteiger charge is 2.19. The number of sulfonamides is 1. The van der Waals surface area contributed by atoms with E-state index in [0.717, 1.165) is 40.6 Å². The van der Waals surface area contributed by atoms with Gasteiger partial charge in [0.2, 0.25) is 0 Å². The number of rotatable bonds is 3. The van der Waals surface area contributed by atoms with Gasteiger partial charge < -0.3 is 0 Å². The summed E-state index contributed by atoms with van der Waals surface area (Å²) in [5.74, 6) is 0. The molecule has 0 saturated heterocycles. The van der Waals surface area contributed by atoms with Crippen LogP contribution in [0.3, 0.4) is 0 Å². The van der Waals surface area contributed by atoms with Crippen LogP contribution >= 0.6 is 15.9 Å². The number of aryl methyl sites for hydroxylation is 2. The van der Waals surface area contributed by atoms with Gasteiger partial charge in [0.15, 0.2) is 0 Å². The third-order valence-corrected chi connectivity index (χ3v) is 5.95. The molecule has 0 aliphatic heterocycles. The standard InChI is InChI=1S/C18H19BrN2O2S/c1-12-10-13(2)16-4-3-5-18(17(16)11-12)20-21-24(22,23)15-8-6-14(19)7-9-15/h6-11,21H,3-5H2,1-2H3. The lowest BCUT2D eigenvalue weighted by molar-refractivity contribution is 0.584. The highest BCUT2D eigenvalue weighted by Crippen LogP contribution is 2.26. The van der Waals surface area contributed by atoms with E-state index in [1.807, 2.05) is 6.92 Å². The summed E-state index contributed by atoms with van der Waals surface area (Å²) in [4.78, 5) is 2.59. The summed E-state index contributed by atoms with van der Waals surface area (Å²) in [6.45, 7) is 4.15. The van der Waals surface area contributed by atoms with E-state index in [4.69, 9.17) is 0 Å². The Bertz CT molecular complexity index is 903. The predicted octanol–water partition coefficient (Wildman–Crippen LogP) is 4.08. The third-order valence-electron chi connectivity index (χ3n) is 4.19. The van der Waals surface area contributed by atoms with Gasteiger partial charge in [-0.1, -0.05) is 27.6 Å². The first-order valence-corrected chi connectivity index (χ1v) is 10.1. The maximum Gasteiger partial charge on any atom is 0.276 e. The van der Waals surface area contributed by atoms with Crippen LogP contribution < -0.4 is 4.83 Å². The molecule has 3 rings (SSSR count). The van der Waals surface area contributed by atoms with Gasteiger partial charge in [-0.15, -0.1) is 0 Å². The first-order valence-electron chi connectivity index (χ1n) is 7.81. The van der Waals surface area contributed by atoms with Gasteiger partial charge in [-0.2, -0.15) is 18.4 Å². The van der Waals surface area contributed by atoms with Crippen molar-refractivity contribution in [3.8, 4) is 0 Å². The van der Waals surface area contributed by atoms with E-state index in [9.17, 15) is 8.42 Å². The van der Waals surface area contributed by atoms with Gasteiger partial charge in [0.25, 0.3) is 10.0 Å². The molecule has 1 aliphatic rings. The minimum atomic E-state index is -3.66. The van der Waals surface area contributed by atoms with Crippen molar-refractivity contribution in [1.29, 1.82) is 0 Å². The first-order chi connectivity index (χ1) is 11.4. The van der Waals surface area contributed by atoms with Gasteiger partial charge in [0.05, 0.1) is 10.6 Å². The molecule has 0 saturated carbocycles. The lowest BCUT2D eigenvalue weighted by Crippen LogP contribution is -2.23. The molecule has 126 valence electrons. The normalized spacial score (nSPS) is 16.0. The van der Waals surface area contributed by atoms with E-state index in [1.165, 1.54) is 11.1 Å². The molecule has 2 aromatic carbocycles. The van der Waals surface area contributed by atoms with Crippen LogP contribution in [0.5, 0.6) is 0 Å². The summed E-state index contributed by atoms with van der Waals surface area (Å²) in [5, 5.41) is 4.24. The zero-order valence-electron chi connectivity index (χ0n) is 13.6. The topological polar surface area (TPSA) is 58.5 Å². The van der Waals surface area contributed by atoms with E-state index in [-0.39, 0.29) is 4.90 Å². The molecule has 6 heteroatoms. The zero-order valence-corrected chi connectivity index (χ0v) is 16.0. The van der Waals surface area contributed by atoms with Gasteiger partial charge in [-0.05, 0) is 74.6 Å². The van der Waals surface area contributed by atoms with Gasteiger partial charge in [0, 0.05) is 10.0 Å². The van der Waals surface area contributed by atoms with Crippen molar-refractivity contribution < 1.29 is 8.42 Å². The lowest BCUT2D eigenvalue weighted by atomic mass is 9.86. The Hall–Kier alpha value is -1.66.